The van der Waals surface area contributed by atoms with Crippen molar-refractivity contribution in [1.29, 1.82) is 0 Å². The normalized spacial score (nSPS) is 11.1. The van der Waals surface area contributed by atoms with Crippen molar-refractivity contribution in [3.63, 3.8) is 0 Å². The average Bonchev–Trinajstić information content (AvgIpc) is 2.92. The van der Waals surface area contributed by atoms with Gasteiger partial charge in [0, 0.05) is 16.7 Å². The standard InChI is InChI=1S/C28H32N6O3/c1-4-35-25-16-10-7-13-22(25)19-29-32-28(33-30-20-23-14-8-11-17-26(23)36-5-2)34-31-21-24-15-9-12-18-27(24)37-6-3/h7-21H,4-6H2,1-3H3,(H2,32,33,34)/b29-19-,30-20+,31-21+. The summed E-state index contributed by atoms with van der Waals surface area (Å²) in [7, 11) is 0. The number of nitrogens with one attached hydrogen (secondary N) is 2. The van der Waals surface area contributed by atoms with Crippen LogP contribution in [0.1, 0.15) is 37.5 Å². The third kappa shape index (κ3) is 8.81. The number of hydrazone groups is 2. The van der Waals surface area contributed by atoms with Crippen molar-refractivity contribution >= 4 is 24.6 Å². The lowest BCUT2D eigenvalue weighted by Crippen LogP contribution is -2.30. The summed E-state index contributed by atoms with van der Waals surface area (Å²) >= 11 is 0. The van der Waals surface area contributed by atoms with E-state index in [0.29, 0.717) is 19.8 Å². The van der Waals surface area contributed by atoms with Gasteiger partial charge in [-0.25, -0.2) is 10.9 Å². The molecule has 192 valence electrons. The molecule has 3 aromatic rings. The fourth-order valence-electron chi connectivity index (χ4n) is 3.17. The van der Waals surface area contributed by atoms with Gasteiger partial charge in [-0.1, -0.05) is 36.4 Å². The highest BCUT2D eigenvalue weighted by molar-refractivity contribution is 5.89. The summed E-state index contributed by atoms with van der Waals surface area (Å²) in [6.45, 7) is 7.47. The maximum atomic E-state index is 5.65. The molecule has 0 aliphatic heterocycles. The third-order valence-electron chi connectivity index (χ3n) is 4.76. The molecule has 0 aliphatic rings. The Bertz CT molecular complexity index is 1180. The van der Waals surface area contributed by atoms with Gasteiger partial charge in [0.05, 0.1) is 38.5 Å². The van der Waals surface area contributed by atoms with Crippen molar-refractivity contribution in [1.82, 2.24) is 10.9 Å². The first-order valence-corrected chi connectivity index (χ1v) is 12.1. The summed E-state index contributed by atoms with van der Waals surface area (Å²) in [5.74, 6) is 2.40. The number of hydrogen-bond donors (Lipinski definition) is 2. The molecule has 0 heterocycles. The Kier molecular flexibility index (Phi) is 11.2. The van der Waals surface area contributed by atoms with Gasteiger partial charge in [-0.3, -0.25) is 0 Å². The van der Waals surface area contributed by atoms with E-state index in [9.17, 15) is 0 Å². The van der Waals surface area contributed by atoms with Gasteiger partial charge in [0.15, 0.2) is 0 Å². The van der Waals surface area contributed by atoms with Crippen LogP contribution in [0.25, 0.3) is 0 Å². The highest BCUT2D eigenvalue weighted by Crippen LogP contribution is 2.17. The van der Waals surface area contributed by atoms with Gasteiger partial charge in [-0.15, -0.1) is 5.10 Å². The Hall–Kier alpha value is -4.66. The molecule has 0 spiro atoms. The minimum absolute atomic E-state index is 0.209. The first-order valence-electron chi connectivity index (χ1n) is 12.1. The van der Waals surface area contributed by atoms with Gasteiger partial charge < -0.3 is 14.2 Å². The SMILES string of the molecule is CCOc1ccccc1/C=N\N=C(N/N=C/c1ccccc1OCC)N/N=C/c1ccccc1OCC. The van der Waals surface area contributed by atoms with Crippen LogP contribution in [0, 0.1) is 0 Å². The highest BCUT2D eigenvalue weighted by Gasteiger charge is 2.02. The van der Waals surface area contributed by atoms with Crippen molar-refractivity contribution < 1.29 is 14.2 Å². The first-order chi connectivity index (χ1) is 18.2. The van der Waals surface area contributed by atoms with Crippen LogP contribution in [0.5, 0.6) is 17.2 Å². The summed E-state index contributed by atoms with van der Waals surface area (Å²) in [6.07, 6.45) is 4.89. The molecule has 0 unspecified atom stereocenters. The third-order valence-corrected chi connectivity index (χ3v) is 4.76. The predicted molar refractivity (Wildman–Crippen MR) is 149 cm³/mol. The van der Waals surface area contributed by atoms with Gasteiger partial charge in [-0.05, 0) is 57.2 Å². The van der Waals surface area contributed by atoms with E-state index in [1.165, 1.54) is 0 Å². The highest BCUT2D eigenvalue weighted by atomic mass is 16.5. The zero-order valence-corrected chi connectivity index (χ0v) is 21.3. The van der Waals surface area contributed by atoms with Crippen LogP contribution in [0.3, 0.4) is 0 Å². The lowest BCUT2D eigenvalue weighted by atomic mass is 10.2. The van der Waals surface area contributed by atoms with E-state index in [1.54, 1.807) is 18.6 Å². The molecule has 0 atom stereocenters. The van der Waals surface area contributed by atoms with E-state index in [0.717, 1.165) is 33.9 Å². The maximum absolute atomic E-state index is 5.65. The number of rotatable bonds is 12. The topological polar surface area (TPSA) is 101 Å². The van der Waals surface area contributed by atoms with Crippen molar-refractivity contribution in [3.05, 3.63) is 89.5 Å². The Morgan fingerprint density at radius 1 is 0.595 bits per heavy atom. The van der Waals surface area contributed by atoms with Crippen molar-refractivity contribution in [2.24, 2.45) is 20.4 Å². The zero-order valence-electron chi connectivity index (χ0n) is 21.3. The molecule has 9 heteroatoms. The number of hydrogen-bond acceptors (Lipinski definition) is 7. The van der Waals surface area contributed by atoms with Crippen LogP contribution in [-0.4, -0.2) is 44.4 Å². The lowest BCUT2D eigenvalue weighted by Gasteiger charge is -2.07. The van der Waals surface area contributed by atoms with Crippen molar-refractivity contribution in [3.8, 4) is 17.2 Å². The quantitative estimate of drug-likeness (QED) is 0.211. The van der Waals surface area contributed by atoms with Crippen LogP contribution in [-0.2, 0) is 0 Å². The summed E-state index contributed by atoms with van der Waals surface area (Å²) in [6, 6.07) is 22.8. The molecule has 0 aromatic heterocycles. The monoisotopic (exact) mass is 500 g/mol. The summed E-state index contributed by atoms with van der Waals surface area (Å²) < 4.78 is 16.9. The molecular formula is C28H32N6O3. The second-order valence-electron chi connectivity index (χ2n) is 7.35. The van der Waals surface area contributed by atoms with Crippen LogP contribution >= 0.6 is 0 Å². The van der Waals surface area contributed by atoms with Crippen LogP contribution in [0.2, 0.25) is 0 Å². The van der Waals surface area contributed by atoms with Gasteiger partial charge in [0.1, 0.15) is 17.2 Å². The molecule has 0 fully saturated rings. The fourth-order valence-corrected chi connectivity index (χ4v) is 3.17. The fraction of sp³-hybridized carbons (Fsp3) is 0.214. The first kappa shape index (κ1) is 26.9. The van der Waals surface area contributed by atoms with E-state index < -0.39 is 0 Å². The molecule has 0 saturated heterocycles. The van der Waals surface area contributed by atoms with Gasteiger partial charge in [0.2, 0.25) is 0 Å². The van der Waals surface area contributed by atoms with Gasteiger partial charge >= 0.3 is 0 Å². The van der Waals surface area contributed by atoms with Crippen LogP contribution < -0.4 is 25.1 Å². The summed E-state index contributed by atoms with van der Waals surface area (Å²) in [5.41, 5.74) is 8.14. The Balaban J connectivity index is 1.79. The van der Waals surface area contributed by atoms with Crippen LogP contribution in [0.15, 0.2) is 93.2 Å². The lowest BCUT2D eigenvalue weighted by molar-refractivity contribution is 0.339. The number of benzene rings is 3. The molecule has 0 bridgehead atoms. The average molecular weight is 501 g/mol. The van der Waals surface area contributed by atoms with E-state index in [-0.39, 0.29) is 5.96 Å². The molecule has 37 heavy (non-hydrogen) atoms. The van der Waals surface area contributed by atoms with Crippen molar-refractivity contribution in [2.45, 2.75) is 20.8 Å². The predicted octanol–water partition coefficient (Wildman–Crippen LogP) is 4.82. The van der Waals surface area contributed by atoms with Gasteiger partial charge in [-0.2, -0.15) is 15.3 Å². The smallest absolute Gasteiger partial charge is 0.257 e. The van der Waals surface area contributed by atoms with Crippen molar-refractivity contribution in [2.75, 3.05) is 19.8 Å². The number of para-hydroxylation sites is 3. The Morgan fingerprint density at radius 3 is 1.38 bits per heavy atom. The van der Waals surface area contributed by atoms with Gasteiger partial charge in [0.25, 0.3) is 5.96 Å². The molecule has 3 rings (SSSR count). The minimum atomic E-state index is 0.209. The Morgan fingerprint density at radius 2 is 0.973 bits per heavy atom. The Labute approximate surface area is 217 Å². The van der Waals surface area contributed by atoms with Crippen LogP contribution in [0.4, 0.5) is 0 Å². The molecule has 3 aromatic carbocycles. The molecule has 2 N–H and O–H groups in total. The molecule has 0 saturated carbocycles. The van der Waals surface area contributed by atoms with E-state index in [2.05, 4.69) is 31.3 Å². The van der Waals surface area contributed by atoms with E-state index in [4.69, 9.17) is 14.2 Å². The van der Waals surface area contributed by atoms with E-state index in [1.807, 2.05) is 93.6 Å². The summed E-state index contributed by atoms with van der Waals surface area (Å²) in [5, 5.41) is 17.0. The molecule has 0 aliphatic carbocycles. The van der Waals surface area contributed by atoms with E-state index >= 15 is 0 Å². The second-order valence-corrected chi connectivity index (χ2v) is 7.35. The minimum Gasteiger partial charge on any atom is -0.493 e. The largest absolute Gasteiger partial charge is 0.493 e. The second kappa shape index (κ2) is 15.4. The zero-order chi connectivity index (χ0) is 26.1. The maximum Gasteiger partial charge on any atom is 0.257 e. The molecular weight excluding hydrogens is 468 g/mol. The molecule has 0 radical (unpaired) electrons. The molecule has 0 amide bonds. The number of nitrogens with zero attached hydrogens (tertiary/aromatic N) is 4. The summed E-state index contributed by atoms with van der Waals surface area (Å²) in [4.78, 5) is 0. The molecule has 9 nitrogen and oxygen atoms in total. The number of guanidine groups is 1. The number of ether oxygens (including phenoxy) is 3.